The molecule has 0 saturated carbocycles. The maximum Gasteiger partial charge on any atom is 0.265 e. The third kappa shape index (κ3) is 4.36. The molecule has 3 N–H and O–H groups in total. The zero-order chi connectivity index (χ0) is 19.9. The molecule has 0 aliphatic heterocycles. The van der Waals surface area contributed by atoms with Gasteiger partial charge in [0.05, 0.1) is 26.6 Å². The number of anilines is 1. The number of nitrogens with zero attached hydrogens (tertiary/aromatic N) is 5. The van der Waals surface area contributed by atoms with Crippen molar-refractivity contribution in [3.05, 3.63) is 53.9 Å². The van der Waals surface area contributed by atoms with Gasteiger partial charge < -0.3 is 19.7 Å². The van der Waals surface area contributed by atoms with Crippen LogP contribution in [0, 0.1) is 0 Å². The number of aromatic nitrogens is 3. The highest BCUT2D eigenvalue weighted by atomic mass is 16.5. The average Bonchev–Trinajstić information content (AvgIpc) is 3.16. The normalized spacial score (nSPS) is 11.2. The van der Waals surface area contributed by atoms with Gasteiger partial charge in [0.15, 0.2) is 23.0 Å². The van der Waals surface area contributed by atoms with Crippen LogP contribution in [0.2, 0.25) is 0 Å². The molecule has 10 heteroatoms. The first-order valence-electron chi connectivity index (χ1n) is 8.08. The first-order chi connectivity index (χ1) is 13.6. The van der Waals surface area contributed by atoms with Crippen molar-refractivity contribution in [2.24, 2.45) is 10.2 Å². The summed E-state index contributed by atoms with van der Waals surface area (Å²) in [4.78, 5) is 0. The summed E-state index contributed by atoms with van der Waals surface area (Å²) in [5.74, 6) is 1.09. The fourth-order valence-corrected chi connectivity index (χ4v) is 2.23. The molecule has 0 fully saturated rings. The van der Waals surface area contributed by atoms with E-state index in [4.69, 9.17) is 9.47 Å². The van der Waals surface area contributed by atoms with Crippen LogP contribution in [0.4, 0.5) is 5.95 Å². The molecule has 144 valence electrons. The van der Waals surface area contributed by atoms with Crippen molar-refractivity contribution < 1.29 is 19.7 Å². The molecule has 0 radical (unpaired) electrons. The highest BCUT2D eigenvalue weighted by molar-refractivity contribution is 5.82. The van der Waals surface area contributed by atoms with Gasteiger partial charge in [-0.2, -0.15) is 14.9 Å². The number of nitrogens with one attached hydrogen (secondary N) is 1. The summed E-state index contributed by atoms with van der Waals surface area (Å²) in [6.07, 6.45) is 4.51. The fraction of sp³-hybridized carbons (Fsp3) is 0.111. The van der Waals surface area contributed by atoms with Crippen LogP contribution in [-0.4, -0.2) is 51.7 Å². The van der Waals surface area contributed by atoms with Gasteiger partial charge in [0.1, 0.15) is 6.33 Å². The highest BCUT2D eigenvalue weighted by Crippen LogP contribution is 2.26. The minimum Gasteiger partial charge on any atom is -0.504 e. The number of ether oxygens (including phenoxy) is 2. The predicted molar refractivity (Wildman–Crippen MR) is 104 cm³/mol. The van der Waals surface area contributed by atoms with E-state index in [2.05, 4.69) is 25.8 Å². The van der Waals surface area contributed by atoms with E-state index in [9.17, 15) is 10.2 Å². The van der Waals surface area contributed by atoms with Crippen LogP contribution >= 0.6 is 0 Å². The molecule has 0 amide bonds. The lowest BCUT2D eigenvalue weighted by Crippen LogP contribution is -1.99. The van der Waals surface area contributed by atoms with E-state index in [0.29, 0.717) is 28.6 Å². The Morgan fingerprint density at radius 3 is 2.18 bits per heavy atom. The molecule has 0 saturated heterocycles. The molecule has 2 aromatic carbocycles. The van der Waals surface area contributed by atoms with Gasteiger partial charge in [-0.05, 0) is 47.5 Å². The zero-order valence-electron chi connectivity index (χ0n) is 15.1. The number of hydrogen-bond donors (Lipinski definition) is 3. The monoisotopic (exact) mass is 382 g/mol. The van der Waals surface area contributed by atoms with Crippen molar-refractivity contribution >= 4 is 18.4 Å². The number of hydrazone groups is 1. The average molecular weight is 382 g/mol. The SMILES string of the molecule is COc1cc(C=NNc2nncn2N=Cc2ccc(O)c(OC)c2)ccc1O. The molecule has 0 aliphatic carbocycles. The molecule has 28 heavy (non-hydrogen) atoms. The predicted octanol–water partition coefficient (Wildman–Crippen LogP) is 2.03. The Balaban J connectivity index is 1.70. The lowest BCUT2D eigenvalue weighted by molar-refractivity contribution is 0.373. The maximum atomic E-state index is 9.63. The Labute approximate surface area is 160 Å². The summed E-state index contributed by atoms with van der Waals surface area (Å²) in [6, 6.07) is 9.69. The molecule has 0 atom stereocenters. The highest BCUT2D eigenvalue weighted by Gasteiger charge is 2.04. The lowest BCUT2D eigenvalue weighted by atomic mass is 10.2. The summed E-state index contributed by atoms with van der Waals surface area (Å²) in [6.45, 7) is 0. The molecule has 1 aromatic heterocycles. The molecule has 3 aromatic rings. The van der Waals surface area contributed by atoms with E-state index in [1.807, 2.05) is 0 Å². The van der Waals surface area contributed by atoms with Gasteiger partial charge >= 0.3 is 0 Å². The molecule has 0 unspecified atom stereocenters. The summed E-state index contributed by atoms with van der Waals surface area (Å²) < 4.78 is 11.5. The van der Waals surface area contributed by atoms with E-state index in [1.165, 1.54) is 43.6 Å². The van der Waals surface area contributed by atoms with E-state index in [1.54, 1.807) is 30.5 Å². The van der Waals surface area contributed by atoms with Gasteiger partial charge in [0.25, 0.3) is 5.95 Å². The van der Waals surface area contributed by atoms with E-state index in [-0.39, 0.29) is 11.5 Å². The van der Waals surface area contributed by atoms with Crippen molar-refractivity contribution in [2.45, 2.75) is 0 Å². The van der Waals surface area contributed by atoms with Gasteiger partial charge in [0.2, 0.25) is 0 Å². The lowest BCUT2D eigenvalue weighted by Gasteiger charge is -2.04. The van der Waals surface area contributed by atoms with Crippen LogP contribution in [0.1, 0.15) is 11.1 Å². The number of phenolic OH excluding ortho intramolecular Hbond substituents is 2. The second-order valence-corrected chi connectivity index (χ2v) is 5.48. The fourth-order valence-electron chi connectivity index (χ4n) is 2.23. The van der Waals surface area contributed by atoms with Crippen LogP contribution < -0.4 is 14.9 Å². The van der Waals surface area contributed by atoms with Crippen molar-refractivity contribution in [3.63, 3.8) is 0 Å². The van der Waals surface area contributed by atoms with Gasteiger partial charge in [-0.3, -0.25) is 0 Å². The number of phenols is 2. The Morgan fingerprint density at radius 2 is 1.57 bits per heavy atom. The van der Waals surface area contributed by atoms with Gasteiger partial charge in [-0.1, -0.05) is 0 Å². The molecule has 1 heterocycles. The van der Waals surface area contributed by atoms with Crippen LogP contribution in [0.25, 0.3) is 0 Å². The molecule has 0 spiro atoms. The molecule has 0 aliphatic rings. The topological polar surface area (TPSA) is 126 Å². The number of methoxy groups -OCH3 is 2. The molecule has 10 nitrogen and oxygen atoms in total. The molecular weight excluding hydrogens is 364 g/mol. The second kappa shape index (κ2) is 8.54. The first-order valence-corrected chi connectivity index (χ1v) is 8.08. The Hall–Kier alpha value is -4.08. The number of hydrogen-bond acceptors (Lipinski definition) is 9. The number of rotatable bonds is 7. The Morgan fingerprint density at radius 1 is 0.964 bits per heavy atom. The zero-order valence-corrected chi connectivity index (χ0v) is 15.1. The van der Waals surface area contributed by atoms with Crippen LogP contribution in [0.15, 0.2) is 52.9 Å². The van der Waals surface area contributed by atoms with Gasteiger partial charge in [-0.25, -0.2) is 5.43 Å². The van der Waals surface area contributed by atoms with E-state index >= 15 is 0 Å². The molecule has 3 rings (SSSR count). The van der Waals surface area contributed by atoms with Crippen LogP contribution in [0.3, 0.4) is 0 Å². The minimum absolute atomic E-state index is 0.0477. The Bertz CT molecular complexity index is 1020. The quantitative estimate of drug-likeness (QED) is 0.421. The van der Waals surface area contributed by atoms with Gasteiger partial charge in [-0.15, -0.1) is 10.2 Å². The van der Waals surface area contributed by atoms with Gasteiger partial charge in [0, 0.05) is 0 Å². The van der Waals surface area contributed by atoms with E-state index in [0.717, 1.165) is 0 Å². The number of aromatic hydroxyl groups is 2. The summed E-state index contributed by atoms with van der Waals surface area (Å²) in [5.41, 5.74) is 4.17. The van der Waals surface area contributed by atoms with Crippen molar-refractivity contribution in [1.29, 1.82) is 0 Å². The summed E-state index contributed by atoms with van der Waals surface area (Å²) in [7, 11) is 2.94. The first kappa shape index (κ1) is 18.7. The third-order valence-corrected chi connectivity index (χ3v) is 3.65. The summed E-state index contributed by atoms with van der Waals surface area (Å²) in [5, 5.41) is 35.3. The Kier molecular flexibility index (Phi) is 5.70. The number of benzene rings is 2. The van der Waals surface area contributed by atoms with Crippen LogP contribution in [0.5, 0.6) is 23.0 Å². The maximum absolute atomic E-state index is 9.63. The van der Waals surface area contributed by atoms with Crippen molar-refractivity contribution in [3.8, 4) is 23.0 Å². The largest absolute Gasteiger partial charge is 0.504 e. The van der Waals surface area contributed by atoms with E-state index < -0.39 is 0 Å². The smallest absolute Gasteiger partial charge is 0.265 e. The standard InChI is InChI=1S/C18H18N6O4/c1-27-16-7-12(3-5-14(16)25)9-19-22-18-23-20-11-24(18)21-10-13-4-6-15(26)17(8-13)28-2/h3-11,25-26H,1-2H3,(H,22,23). The van der Waals surface area contributed by atoms with Crippen molar-refractivity contribution in [1.82, 2.24) is 14.9 Å². The summed E-state index contributed by atoms with van der Waals surface area (Å²) >= 11 is 0. The molecular formula is C18H18N6O4. The minimum atomic E-state index is 0.0477. The molecule has 0 bridgehead atoms. The van der Waals surface area contributed by atoms with Crippen molar-refractivity contribution in [2.75, 3.05) is 19.6 Å². The third-order valence-electron chi connectivity index (χ3n) is 3.65. The van der Waals surface area contributed by atoms with Crippen LogP contribution in [-0.2, 0) is 0 Å². The second-order valence-electron chi connectivity index (χ2n) is 5.48.